The highest BCUT2D eigenvalue weighted by molar-refractivity contribution is 5.85. The van der Waals surface area contributed by atoms with Crippen LogP contribution < -0.4 is 0 Å². The van der Waals surface area contributed by atoms with Crippen LogP contribution in [0, 0.1) is 0 Å². The summed E-state index contributed by atoms with van der Waals surface area (Å²) < 4.78 is 0. The van der Waals surface area contributed by atoms with E-state index in [1.54, 1.807) is 0 Å². The molecule has 0 bridgehead atoms. The second kappa shape index (κ2) is 3.32. The second-order valence-electron chi connectivity index (χ2n) is 3.29. The monoisotopic (exact) mass is 192 g/mol. The molecule has 0 aromatic carbocycles. The van der Waals surface area contributed by atoms with Gasteiger partial charge in [-0.25, -0.2) is 0 Å². The minimum atomic E-state index is -2.05. The topological polar surface area (TPSA) is 118 Å². The fourth-order valence-corrected chi connectivity index (χ4v) is 1.34. The van der Waals surface area contributed by atoms with Crippen LogP contribution in [0.1, 0.15) is 6.42 Å². The first-order valence-electron chi connectivity index (χ1n) is 3.82. The van der Waals surface area contributed by atoms with Crippen molar-refractivity contribution in [3.8, 4) is 0 Å². The molecule has 0 unspecified atom stereocenters. The van der Waals surface area contributed by atoms with Crippen LogP contribution >= 0.6 is 0 Å². The number of hydrogen-bond acceptors (Lipinski definition) is 6. The molecule has 0 heterocycles. The van der Waals surface area contributed by atoms with Crippen LogP contribution in [0.25, 0.3) is 0 Å². The summed E-state index contributed by atoms with van der Waals surface area (Å²) in [5, 5.41) is 45.4. The molecule has 6 heteroatoms. The van der Waals surface area contributed by atoms with E-state index in [0.29, 0.717) is 0 Å². The highest BCUT2D eigenvalue weighted by Gasteiger charge is 2.50. The van der Waals surface area contributed by atoms with E-state index in [4.69, 9.17) is 15.3 Å². The van der Waals surface area contributed by atoms with Gasteiger partial charge in [-0.2, -0.15) is 0 Å². The normalized spacial score (nSPS) is 46.5. The molecule has 13 heavy (non-hydrogen) atoms. The van der Waals surface area contributed by atoms with Crippen LogP contribution in [0.2, 0.25) is 0 Å². The predicted molar refractivity (Wildman–Crippen MR) is 39.7 cm³/mol. The van der Waals surface area contributed by atoms with Gasteiger partial charge in [-0.3, -0.25) is 4.79 Å². The first kappa shape index (κ1) is 10.6. The second-order valence-corrected chi connectivity index (χ2v) is 3.29. The molecule has 0 spiro atoms. The van der Waals surface area contributed by atoms with Crippen LogP contribution in [0.15, 0.2) is 0 Å². The molecule has 0 amide bonds. The number of carbonyl (C=O) groups is 1. The van der Waals surface area contributed by atoms with Crippen LogP contribution in [-0.4, -0.2) is 61.8 Å². The lowest BCUT2D eigenvalue weighted by molar-refractivity contribution is -0.198. The van der Waals surface area contributed by atoms with Gasteiger partial charge < -0.3 is 25.5 Å². The Bertz CT molecular complexity index is 217. The van der Waals surface area contributed by atoms with E-state index < -0.39 is 42.7 Å². The van der Waals surface area contributed by atoms with Crippen molar-refractivity contribution < 1.29 is 30.3 Å². The van der Waals surface area contributed by atoms with Crippen molar-refractivity contribution in [3.05, 3.63) is 0 Å². The summed E-state index contributed by atoms with van der Waals surface area (Å²) in [6.45, 7) is -0.844. The molecule has 0 aromatic rings. The zero-order valence-electron chi connectivity index (χ0n) is 6.79. The number of ketones is 1. The van der Waals surface area contributed by atoms with Gasteiger partial charge in [0, 0.05) is 6.42 Å². The van der Waals surface area contributed by atoms with Crippen molar-refractivity contribution in [3.63, 3.8) is 0 Å². The lowest BCUT2D eigenvalue weighted by atomic mass is 9.78. The Morgan fingerprint density at radius 2 is 1.92 bits per heavy atom. The Morgan fingerprint density at radius 3 is 2.38 bits per heavy atom. The fourth-order valence-electron chi connectivity index (χ4n) is 1.34. The van der Waals surface area contributed by atoms with Gasteiger partial charge in [-0.15, -0.1) is 0 Å². The maximum absolute atomic E-state index is 10.9. The minimum Gasteiger partial charge on any atom is -0.393 e. The minimum absolute atomic E-state index is 0.567. The first-order chi connectivity index (χ1) is 5.92. The molecule has 0 aliphatic heterocycles. The van der Waals surface area contributed by atoms with E-state index in [-0.39, 0.29) is 0 Å². The third kappa shape index (κ3) is 1.59. The molecule has 0 radical (unpaired) electrons. The van der Waals surface area contributed by atoms with Gasteiger partial charge in [-0.1, -0.05) is 0 Å². The molecule has 1 aliphatic rings. The van der Waals surface area contributed by atoms with Crippen LogP contribution in [0.4, 0.5) is 0 Å². The average molecular weight is 192 g/mol. The van der Waals surface area contributed by atoms with Gasteiger partial charge in [0.05, 0.1) is 6.61 Å². The molecule has 0 saturated heterocycles. The van der Waals surface area contributed by atoms with Crippen molar-refractivity contribution >= 4 is 5.78 Å². The number of Topliss-reactive ketones (excluding diaryl/α,β-unsaturated/α-hetero) is 1. The Balaban J connectivity index is 2.88. The summed E-state index contributed by atoms with van der Waals surface area (Å²) in [6, 6.07) is 0. The molecule has 5 N–H and O–H groups in total. The van der Waals surface area contributed by atoms with E-state index in [1.807, 2.05) is 0 Å². The molecule has 4 atom stereocenters. The maximum Gasteiger partial charge on any atom is 0.167 e. The molecule has 0 aromatic heterocycles. The van der Waals surface area contributed by atoms with E-state index in [2.05, 4.69) is 0 Å². The van der Waals surface area contributed by atoms with Crippen LogP contribution in [0.3, 0.4) is 0 Å². The zero-order chi connectivity index (χ0) is 10.2. The quantitative estimate of drug-likeness (QED) is 0.298. The number of carbonyl (C=O) groups excluding carboxylic acids is 1. The Morgan fingerprint density at radius 1 is 1.38 bits per heavy atom. The largest absolute Gasteiger partial charge is 0.393 e. The summed E-state index contributed by atoms with van der Waals surface area (Å²) in [5.74, 6) is -0.797. The van der Waals surface area contributed by atoms with E-state index in [1.165, 1.54) is 0 Å². The average Bonchev–Trinajstić information content (AvgIpc) is 2.12. The van der Waals surface area contributed by atoms with Crippen molar-refractivity contribution in [1.29, 1.82) is 0 Å². The summed E-state index contributed by atoms with van der Waals surface area (Å²) in [6.07, 6.45) is -5.73. The van der Waals surface area contributed by atoms with Crippen molar-refractivity contribution in [2.24, 2.45) is 0 Å². The third-order valence-corrected chi connectivity index (χ3v) is 2.28. The van der Waals surface area contributed by atoms with Crippen LogP contribution in [0.5, 0.6) is 0 Å². The summed E-state index contributed by atoms with van der Waals surface area (Å²) in [7, 11) is 0. The molecule has 6 nitrogen and oxygen atoms in total. The van der Waals surface area contributed by atoms with E-state index in [0.717, 1.165) is 0 Å². The number of aliphatic hydroxyl groups excluding tert-OH is 4. The zero-order valence-corrected chi connectivity index (χ0v) is 6.79. The van der Waals surface area contributed by atoms with Gasteiger partial charge in [0.25, 0.3) is 0 Å². The Kier molecular flexibility index (Phi) is 2.69. The lowest BCUT2D eigenvalue weighted by Crippen LogP contribution is -2.62. The number of rotatable bonds is 1. The number of aliphatic hydroxyl groups is 5. The van der Waals surface area contributed by atoms with Crippen molar-refractivity contribution in [1.82, 2.24) is 0 Å². The molecule has 1 fully saturated rings. The molecule has 1 rings (SSSR count). The van der Waals surface area contributed by atoms with Crippen molar-refractivity contribution in [2.45, 2.75) is 30.3 Å². The van der Waals surface area contributed by atoms with Gasteiger partial charge in [0.1, 0.15) is 23.9 Å². The molecule has 76 valence electrons. The SMILES string of the molecule is O=C1C[C@](O)(CO)[C@@H](O)[C@H](O)[C@@H]1O. The van der Waals surface area contributed by atoms with Gasteiger partial charge in [0.15, 0.2) is 5.78 Å². The predicted octanol–water partition coefficient (Wildman–Crippen LogP) is -3.23. The van der Waals surface area contributed by atoms with E-state index >= 15 is 0 Å². The highest BCUT2D eigenvalue weighted by Crippen LogP contribution is 2.26. The van der Waals surface area contributed by atoms with Gasteiger partial charge in [0.2, 0.25) is 0 Å². The molecular formula is C7H12O6. The Hall–Kier alpha value is -0.530. The molecule has 1 aliphatic carbocycles. The van der Waals surface area contributed by atoms with Crippen LogP contribution in [-0.2, 0) is 4.79 Å². The molecule has 1 saturated carbocycles. The van der Waals surface area contributed by atoms with Gasteiger partial charge in [-0.05, 0) is 0 Å². The van der Waals surface area contributed by atoms with Gasteiger partial charge >= 0.3 is 0 Å². The van der Waals surface area contributed by atoms with Crippen molar-refractivity contribution in [2.75, 3.05) is 6.61 Å². The molecular weight excluding hydrogens is 180 g/mol. The summed E-state index contributed by atoms with van der Waals surface area (Å²) >= 11 is 0. The third-order valence-electron chi connectivity index (χ3n) is 2.28. The smallest absolute Gasteiger partial charge is 0.167 e. The Labute approximate surface area is 74.1 Å². The summed E-state index contributed by atoms with van der Waals surface area (Å²) in [5.41, 5.74) is -2.05. The standard InChI is InChI=1S/C7H12O6/c8-2-7(13)1-3(9)4(10)5(11)6(7)12/h4-6,8,10-13H,1-2H2/t4-,5-,6+,7+/m1/s1. The lowest BCUT2D eigenvalue weighted by Gasteiger charge is -2.39. The maximum atomic E-state index is 10.9. The fraction of sp³-hybridized carbons (Fsp3) is 0.857. The van der Waals surface area contributed by atoms with E-state index in [9.17, 15) is 15.0 Å². The highest BCUT2D eigenvalue weighted by atomic mass is 16.4. The summed E-state index contributed by atoms with van der Waals surface area (Å²) in [4.78, 5) is 10.9. The first-order valence-corrected chi connectivity index (χ1v) is 3.82. The number of hydrogen-bond donors (Lipinski definition) is 5.